The fraction of sp³-hybridized carbons (Fsp3) is 0.556. The molecule has 1 aliphatic rings. The molecule has 4 unspecified atom stereocenters. The van der Waals surface area contributed by atoms with Gasteiger partial charge < -0.3 is 24.7 Å². The van der Waals surface area contributed by atoms with E-state index in [4.69, 9.17) is 14.5 Å². The van der Waals surface area contributed by atoms with Crippen LogP contribution >= 0.6 is 30.4 Å². The second-order valence-corrected chi connectivity index (χ2v) is 6.88. The Kier molecular flexibility index (Phi) is 7.63. The van der Waals surface area contributed by atoms with Gasteiger partial charge in [-0.05, 0) is 22.6 Å². The molecule has 0 amide bonds. The fourth-order valence-corrected chi connectivity index (χ4v) is 2.69. The number of hydrogen-bond donors (Lipinski definition) is 5. The average molecular weight is 473 g/mol. The third kappa shape index (κ3) is 5.19. The molecule has 1 radical (unpaired) electrons. The molecule has 4 atom stereocenters. The van der Waals surface area contributed by atoms with Gasteiger partial charge in [0.1, 0.15) is 18.3 Å². The van der Waals surface area contributed by atoms with Crippen molar-refractivity contribution in [1.29, 1.82) is 0 Å². The number of H-pyrrole nitrogens is 1. The zero-order valence-corrected chi connectivity index (χ0v) is 16.7. The first kappa shape index (κ1) is 21.4. The van der Waals surface area contributed by atoms with Crippen LogP contribution < -0.4 is 11.2 Å². The smallest absolute Gasteiger partial charge is 0.387 e. The summed E-state index contributed by atoms with van der Waals surface area (Å²) in [6, 6.07) is 0. The van der Waals surface area contributed by atoms with E-state index in [0.717, 1.165) is 10.8 Å². The van der Waals surface area contributed by atoms with Crippen LogP contribution in [0.3, 0.4) is 0 Å². The van der Waals surface area contributed by atoms with Crippen molar-refractivity contribution in [2.75, 3.05) is 6.61 Å². The van der Waals surface area contributed by atoms with Crippen molar-refractivity contribution in [2.45, 2.75) is 24.5 Å². The van der Waals surface area contributed by atoms with Crippen LogP contribution in [0.2, 0.25) is 0 Å². The Labute approximate surface area is 164 Å². The Morgan fingerprint density at radius 2 is 1.96 bits per heavy atom. The van der Waals surface area contributed by atoms with E-state index in [1.165, 1.54) is 0 Å². The maximum atomic E-state index is 11.7. The van der Waals surface area contributed by atoms with Crippen molar-refractivity contribution in [3.05, 3.63) is 30.6 Å². The van der Waals surface area contributed by atoms with Crippen molar-refractivity contribution in [1.82, 2.24) is 9.55 Å². The van der Waals surface area contributed by atoms with Gasteiger partial charge in [0.2, 0.25) is 0 Å². The third-order valence-electron chi connectivity index (χ3n) is 2.94. The van der Waals surface area contributed by atoms with Crippen LogP contribution in [0.5, 0.6) is 0 Å². The molecule has 5 N–H and O–H groups in total. The average Bonchev–Trinajstić information content (AvgIpc) is 2.68. The van der Waals surface area contributed by atoms with E-state index in [1.807, 2.05) is 4.98 Å². The number of nitrogens with one attached hydrogen (secondary N) is 1. The van der Waals surface area contributed by atoms with Crippen LogP contribution in [-0.4, -0.2) is 84.0 Å². The number of aromatic nitrogens is 2. The number of phosphoric ester groups is 1. The number of hydrogen-bond acceptors (Lipinski definition) is 7. The normalized spacial score (nSPS) is 27.7. The standard InChI is InChI=1S/C9H12IN2O9P.Na/c10-3-1-12(9(16)11-7(3)15)8-6(14)5(13)4(21-8)2-20-22(17,18)19;/h1,4-6,8,13-14H,2H2,(H,11,15,16)(H2,17,18,19);. The molecule has 2 rings (SSSR count). The third-order valence-corrected chi connectivity index (χ3v) is 4.20. The van der Waals surface area contributed by atoms with Gasteiger partial charge in [-0.1, -0.05) is 0 Å². The summed E-state index contributed by atoms with van der Waals surface area (Å²) >= 11 is 1.67. The van der Waals surface area contributed by atoms with Gasteiger partial charge in [0.15, 0.2) is 6.23 Å². The second kappa shape index (κ2) is 8.19. The number of halogens is 1. The van der Waals surface area contributed by atoms with Crippen molar-refractivity contribution < 1.29 is 33.8 Å². The van der Waals surface area contributed by atoms with Gasteiger partial charge >= 0.3 is 13.5 Å². The van der Waals surface area contributed by atoms with E-state index in [0.29, 0.717) is 0 Å². The van der Waals surface area contributed by atoms with E-state index in [-0.39, 0.29) is 33.1 Å². The molecule has 0 saturated carbocycles. The summed E-state index contributed by atoms with van der Waals surface area (Å²) in [6.07, 6.45) is -4.55. The van der Waals surface area contributed by atoms with E-state index < -0.39 is 50.2 Å². The molecule has 1 aromatic heterocycles. The van der Waals surface area contributed by atoms with Crippen molar-refractivity contribution in [3.8, 4) is 0 Å². The van der Waals surface area contributed by atoms with E-state index in [9.17, 15) is 24.4 Å². The summed E-state index contributed by atoms with van der Waals surface area (Å²) in [7, 11) is -4.77. The monoisotopic (exact) mass is 473 g/mol. The molecule has 125 valence electrons. The zero-order valence-electron chi connectivity index (χ0n) is 11.7. The molecule has 2 heterocycles. The van der Waals surface area contributed by atoms with Crippen LogP contribution in [0.4, 0.5) is 0 Å². The Bertz CT molecular complexity index is 718. The minimum atomic E-state index is -4.77. The maximum Gasteiger partial charge on any atom is 0.469 e. The van der Waals surface area contributed by atoms with Gasteiger partial charge in [0, 0.05) is 35.8 Å². The molecule has 1 saturated heterocycles. The van der Waals surface area contributed by atoms with Crippen molar-refractivity contribution in [3.63, 3.8) is 0 Å². The first-order valence-electron chi connectivity index (χ1n) is 5.83. The zero-order chi connectivity index (χ0) is 16.7. The Hall–Kier alpha value is 0.400. The van der Waals surface area contributed by atoms with Gasteiger partial charge in [0.25, 0.3) is 5.56 Å². The SMILES string of the molecule is O=c1[nH]c(=O)n(C2OC(COP(=O)(O)O)C(O)C2O)cc1I.[Na]. The van der Waals surface area contributed by atoms with E-state index in [1.54, 1.807) is 22.6 Å². The summed E-state index contributed by atoms with van der Waals surface area (Å²) in [5.41, 5.74) is -1.48. The molecule has 1 aromatic rings. The van der Waals surface area contributed by atoms with Gasteiger partial charge in [-0.15, -0.1) is 0 Å². The fourth-order valence-electron chi connectivity index (χ4n) is 1.92. The largest absolute Gasteiger partial charge is 0.469 e. The number of aliphatic hydroxyl groups excluding tert-OH is 2. The van der Waals surface area contributed by atoms with E-state index >= 15 is 0 Å². The van der Waals surface area contributed by atoms with Crippen LogP contribution in [0.15, 0.2) is 15.8 Å². The number of nitrogens with zero attached hydrogens (tertiary/aromatic N) is 1. The number of aromatic amines is 1. The molecular weight excluding hydrogens is 461 g/mol. The molecule has 14 heteroatoms. The number of aliphatic hydroxyl groups is 2. The van der Waals surface area contributed by atoms with Crippen molar-refractivity contribution in [2.24, 2.45) is 0 Å². The van der Waals surface area contributed by atoms with Gasteiger partial charge in [-0.25, -0.2) is 9.36 Å². The first-order chi connectivity index (χ1) is 10.1. The Balaban J connectivity index is 0.00000264. The predicted octanol–water partition coefficient (Wildman–Crippen LogP) is -2.51. The second-order valence-electron chi connectivity index (χ2n) is 4.48. The molecule has 11 nitrogen and oxygen atoms in total. The molecule has 0 aromatic carbocycles. The molecule has 0 aliphatic carbocycles. The summed E-state index contributed by atoms with van der Waals surface area (Å²) < 4.78 is 21.1. The maximum absolute atomic E-state index is 11.7. The molecule has 0 spiro atoms. The molecule has 23 heavy (non-hydrogen) atoms. The van der Waals surface area contributed by atoms with Crippen LogP contribution in [0, 0.1) is 3.57 Å². The Morgan fingerprint density at radius 3 is 2.52 bits per heavy atom. The van der Waals surface area contributed by atoms with Crippen LogP contribution in [0.25, 0.3) is 0 Å². The topological polar surface area (TPSA) is 171 Å². The number of rotatable bonds is 4. The molecule has 1 aliphatic heterocycles. The first-order valence-corrected chi connectivity index (χ1v) is 8.43. The number of ether oxygens (including phenoxy) is 1. The van der Waals surface area contributed by atoms with Gasteiger partial charge in [-0.3, -0.25) is 18.9 Å². The minimum Gasteiger partial charge on any atom is -0.387 e. The van der Waals surface area contributed by atoms with Crippen molar-refractivity contribution >= 4 is 60.0 Å². The van der Waals surface area contributed by atoms with Crippen LogP contribution in [-0.2, 0) is 13.8 Å². The Morgan fingerprint density at radius 1 is 1.35 bits per heavy atom. The number of phosphoric acid groups is 1. The quantitative estimate of drug-likeness (QED) is 0.180. The summed E-state index contributed by atoms with van der Waals surface area (Å²) in [5.74, 6) is 0. The van der Waals surface area contributed by atoms with Crippen LogP contribution in [0.1, 0.15) is 6.23 Å². The molecular formula is C9H12IN2NaO9P. The molecule has 0 bridgehead atoms. The minimum absolute atomic E-state index is 0. The summed E-state index contributed by atoms with van der Waals surface area (Å²) in [6.45, 7) is -0.686. The predicted molar refractivity (Wildman–Crippen MR) is 83.7 cm³/mol. The molecule has 1 fully saturated rings. The van der Waals surface area contributed by atoms with E-state index in [2.05, 4.69) is 4.52 Å². The summed E-state index contributed by atoms with van der Waals surface area (Å²) in [5, 5.41) is 19.7. The van der Waals surface area contributed by atoms with Gasteiger partial charge in [-0.2, -0.15) is 0 Å². The summed E-state index contributed by atoms with van der Waals surface area (Å²) in [4.78, 5) is 42.3. The van der Waals surface area contributed by atoms with Gasteiger partial charge in [0.05, 0.1) is 10.2 Å².